The van der Waals surface area contributed by atoms with Crippen LogP contribution in [0.3, 0.4) is 0 Å². The number of esters is 1. The van der Waals surface area contributed by atoms with Crippen LogP contribution in [0.25, 0.3) is 11.3 Å². The van der Waals surface area contributed by atoms with Crippen LogP contribution < -0.4 is 5.73 Å². The van der Waals surface area contributed by atoms with Gasteiger partial charge in [-0.1, -0.05) is 35.9 Å². The van der Waals surface area contributed by atoms with Crippen molar-refractivity contribution >= 4 is 34.8 Å². The molecule has 3 aromatic carbocycles. The molecule has 7 nitrogen and oxygen atoms in total. The van der Waals surface area contributed by atoms with Crippen molar-refractivity contribution in [1.82, 2.24) is 4.98 Å². The van der Waals surface area contributed by atoms with Crippen molar-refractivity contribution < 1.29 is 23.5 Å². The Balaban J connectivity index is 1.37. The molecule has 4 aromatic rings. The predicted octanol–water partition coefficient (Wildman–Crippen LogP) is 4.71. The summed E-state index contributed by atoms with van der Waals surface area (Å²) < 4.78 is 10.9. The molecule has 5 rings (SSSR count). The van der Waals surface area contributed by atoms with Crippen molar-refractivity contribution in [1.29, 1.82) is 0 Å². The van der Waals surface area contributed by atoms with Crippen LogP contribution in [0.1, 0.15) is 48.1 Å². The van der Waals surface area contributed by atoms with E-state index in [4.69, 9.17) is 26.5 Å². The summed E-state index contributed by atoms with van der Waals surface area (Å²) >= 11 is 5.89. The Morgan fingerprint density at radius 1 is 0.939 bits per heavy atom. The summed E-state index contributed by atoms with van der Waals surface area (Å²) in [6.07, 6.45) is 1.52. The fraction of sp³-hybridized carbons (Fsp3) is 0.0400. The van der Waals surface area contributed by atoms with Crippen molar-refractivity contribution in [2.45, 2.75) is 6.61 Å². The minimum atomic E-state index is -0.763. The summed E-state index contributed by atoms with van der Waals surface area (Å²) in [7, 11) is 0. The van der Waals surface area contributed by atoms with E-state index >= 15 is 0 Å². The first kappa shape index (κ1) is 20.7. The number of benzene rings is 3. The second kappa shape index (κ2) is 8.03. The smallest absolute Gasteiger partial charge is 0.340 e. The van der Waals surface area contributed by atoms with Gasteiger partial charge >= 0.3 is 5.97 Å². The van der Waals surface area contributed by atoms with Crippen molar-refractivity contribution in [3.05, 3.63) is 106 Å². The number of nitrogens with two attached hydrogens (primary N) is 1. The van der Waals surface area contributed by atoms with E-state index in [0.717, 1.165) is 5.56 Å². The van der Waals surface area contributed by atoms with Crippen molar-refractivity contribution in [3.8, 4) is 11.3 Å². The predicted molar refractivity (Wildman–Crippen MR) is 120 cm³/mol. The molecule has 0 saturated heterocycles. The Hall–Kier alpha value is -4.23. The first-order valence-corrected chi connectivity index (χ1v) is 10.3. The quantitative estimate of drug-likeness (QED) is 0.306. The number of halogens is 1. The third-order valence-corrected chi connectivity index (χ3v) is 5.61. The zero-order chi connectivity index (χ0) is 23.1. The van der Waals surface area contributed by atoms with Gasteiger partial charge in [0, 0.05) is 27.3 Å². The lowest BCUT2D eigenvalue weighted by molar-refractivity contribution is 0.0440. The summed E-state index contributed by atoms with van der Waals surface area (Å²) in [5.74, 6) is -0.812. The molecule has 0 fully saturated rings. The molecule has 1 aliphatic carbocycles. The van der Waals surface area contributed by atoms with Crippen LogP contribution in [0.15, 0.2) is 71.3 Å². The van der Waals surface area contributed by atoms with Gasteiger partial charge in [-0.3, -0.25) is 9.59 Å². The molecule has 1 aromatic heterocycles. The topological polar surface area (TPSA) is 112 Å². The maximum absolute atomic E-state index is 13.0. The van der Waals surface area contributed by atoms with E-state index < -0.39 is 11.8 Å². The number of nitrogen functional groups attached to an aromatic ring is 1. The van der Waals surface area contributed by atoms with E-state index in [9.17, 15) is 14.4 Å². The zero-order valence-corrected chi connectivity index (χ0v) is 17.8. The van der Waals surface area contributed by atoms with Crippen LogP contribution in [-0.4, -0.2) is 22.5 Å². The minimum absolute atomic E-state index is 0.00861. The van der Waals surface area contributed by atoms with E-state index in [-0.39, 0.29) is 46.2 Å². The summed E-state index contributed by atoms with van der Waals surface area (Å²) in [5, 5.41) is 0.596. The van der Waals surface area contributed by atoms with E-state index in [1.807, 2.05) is 0 Å². The van der Waals surface area contributed by atoms with Crippen LogP contribution in [0.2, 0.25) is 5.02 Å². The van der Waals surface area contributed by atoms with Gasteiger partial charge in [0.1, 0.15) is 0 Å². The molecular formula is C25H15ClN2O5. The SMILES string of the molecule is Nc1c(C(=O)OCc2ncc(-c3ccc(Cl)cc3)o2)ccc2c1C(=O)c1ccccc1C2=O. The molecule has 0 spiro atoms. The number of carbonyl (C=O) groups is 3. The van der Waals surface area contributed by atoms with Crippen LogP contribution in [0.5, 0.6) is 0 Å². The molecule has 1 heterocycles. The standard InChI is InChI=1S/C25H15ClN2O5/c26-14-7-5-13(6-8-14)19-11-28-20(33-19)12-32-25(31)18-10-9-17-21(22(18)27)24(30)16-4-2-1-3-15(16)23(17)29/h1-11H,12,27H2. The lowest BCUT2D eigenvalue weighted by Crippen LogP contribution is -2.24. The number of hydrogen-bond donors (Lipinski definition) is 1. The Kier molecular flexibility index (Phi) is 5.03. The highest BCUT2D eigenvalue weighted by atomic mass is 35.5. The second-order valence-electron chi connectivity index (χ2n) is 7.35. The summed E-state index contributed by atoms with van der Waals surface area (Å²) in [5.41, 5.74) is 7.54. The number of carbonyl (C=O) groups excluding carboxylic acids is 3. The number of fused-ring (bicyclic) bond motifs is 2. The molecule has 0 saturated carbocycles. The van der Waals surface area contributed by atoms with Gasteiger partial charge in [-0.25, -0.2) is 9.78 Å². The normalized spacial score (nSPS) is 12.3. The van der Waals surface area contributed by atoms with E-state index in [2.05, 4.69) is 4.98 Å². The highest BCUT2D eigenvalue weighted by molar-refractivity contribution is 6.31. The lowest BCUT2D eigenvalue weighted by atomic mass is 9.82. The van der Waals surface area contributed by atoms with Gasteiger partial charge in [-0.15, -0.1) is 0 Å². The number of nitrogens with zero attached hydrogens (tertiary/aromatic N) is 1. The molecule has 0 atom stereocenters. The lowest BCUT2D eigenvalue weighted by Gasteiger charge is -2.20. The minimum Gasteiger partial charge on any atom is -0.452 e. The van der Waals surface area contributed by atoms with Gasteiger partial charge in [0.2, 0.25) is 5.89 Å². The molecule has 162 valence electrons. The maximum atomic E-state index is 13.0. The van der Waals surface area contributed by atoms with Crippen LogP contribution in [-0.2, 0) is 11.3 Å². The van der Waals surface area contributed by atoms with Crippen LogP contribution in [0.4, 0.5) is 5.69 Å². The van der Waals surface area contributed by atoms with Crippen LogP contribution >= 0.6 is 11.6 Å². The van der Waals surface area contributed by atoms with Gasteiger partial charge < -0.3 is 14.9 Å². The third kappa shape index (κ3) is 3.58. The second-order valence-corrected chi connectivity index (χ2v) is 7.79. The number of hydrogen-bond acceptors (Lipinski definition) is 7. The number of anilines is 1. The first-order valence-electron chi connectivity index (χ1n) is 9.92. The van der Waals surface area contributed by atoms with Gasteiger partial charge in [-0.05, 0) is 36.4 Å². The number of oxazole rings is 1. The Morgan fingerprint density at radius 3 is 2.36 bits per heavy atom. The fourth-order valence-electron chi connectivity index (χ4n) is 3.72. The van der Waals surface area contributed by atoms with Gasteiger partial charge in [0.05, 0.1) is 23.0 Å². The summed E-state index contributed by atoms with van der Waals surface area (Å²) in [6, 6.07) is 16.3. The molecule has 2 N–H and O–H groups in total. The molecule has 8 heteroatoms. The average Bonchev–Trinajstić information content (AvgIpc) is 3.30. The molecule has 0 amide bonds. The highest BCUT2D eigenvalue weighted by Gasteiger charge is 2.33. The van der Waals surface area contributed by atoms with E-state index in [1.54, 1.807) is 48.5 Å². The van der Waals surface area contributed by atoms with Crippen molar-refractivity contribution in [2.24, 2.45) is 0 Å². The number of rotatable bonds is 4. The molecule has 0 radical (unpaired) electrons. The van der Waals surface area contributed by atoms with Crippen molar-refractivity contribution in [2.75, 3.05) is 5.73 Å². The largest absolute Gasteiger partial charge is 0.452 e. The number of ether oxygens (including phenoxy) is 1. The fourth-order valence-corrected chi connectivity index (χ4v) is 3.85. The van der Waals surface area contributed by atoms with Gasteiger partial charge in [0.15, 0.2) is 23.9 Å². The number of aromatic nitrogens is 1. The number of ketones is 2. The van der Waals surface area contributed by atoms with Gasteiger partial charge in [0.25, 0.3) is 0 Å². The maximum Gasteiger partial charge on any atom is 0.340 e. The first-order chi connectivity index (χ1) is 15.9. The molecule has 0 bridgehead atoms. The third-order valence-electron chi connectivity index (χ3n) is 5.36. The average molecular weight is 459 g/mol. The molecule has 0 aliphatic heterocycles. The van der Waals surface area contributed by atoms with E-state index in [0.29, 0.717) is 16.3 Å². The molecule has 0 unspecified atom stereocenters. The van der Waals surface area contributed by atoms with Crippen molar-refractivity contribution in [3.63, 3.8) is 0 Å². The molecule has 33 heavy (non-hydrogen) atoms. The Morgan fingerprint density at radius 2 is 1.64 bits per heavy atom. The monoisotopic (exact) mass is 458 g/mol. The molecule has 1 aliphatic rings. The van der Waals surface area contributed by atoms with Crippen LogP contribution in [0, 0.1) is 0 Å². The van der Waals surface area contributed by atoms with E-state index in [1.165, 1.54) is 18.3 Å². The zero-order valence-electron chi connectivity index (χ0n) is 17.0. The summed E-state index contributed by atoms with van der Waals surface area (Å²) in [6.45, 7) is -0.237. The van der Waals surface area contributed by atoms with Gasteiger partial charge in [-0.2, -0.15) is 0 Å². The Bertz CT molecular complexity index is 1440. The summed E-state index contributed by atoms with van der Waals surface area (Å²) in [4.78, 5) is 42.6. The molecular weight excluding hydrogens is 444 g/mol. The highest BCUT2D eigenvalue weighted by Crippen LogP contribution is 2.33. The Labute approximate surface area is 192 Å².